The Bertz CT molecular complexity index is 938. The highest BCUT2D eigenvalue weighted by molar-refractivity contribution is 14.0. The van der Waals surface area contributed by atoms with Gasteiger partial charge in [-0.25, -0.2) is 0 Å². The Morgan fingerprint density at radius 2 is 2.00 bits per heavy atom. The molecule has 0 radical (unpaired) electrons. The Hall–Kier alpha value is -2.53. The number of benzene rings is 2. The molecule has 0 aliphatic carbocycles. The van der Waals surface area contributed by atoms with Crippen molar-refractivity contribution in [3.8, 4) is 11.5 Å². The van der Waals surface area contributed by atoms with Crippen molar-refractivity contribution in [2.75, 3.05) is 39.2 Å². The van der Waals surface area contributed by atoms with Gasteiger partial charge >= 0.3 is 0 Å². The molecule has 2 unspecified atom stereocenters. The maximum absolute atomic E-state index is 12.1. The van der Waals surface area contributed by atoms with Crippen LogP contribution in [0.5, 0.6) is 11.5 Å². The van der Waals surface area contributed by atoms with Gasteiger partial charge in [0.25, 0.3) is 0 Å². The summed E-state index contributed by atoms with van der Waals surface area (Å²) in [6.45, 7) is 3.34. The molecule has 2 aromatic rings. The van der Waals surface area contributed by atoms with Gasteiger partial charge in [-0.05, 0) is 36.8 Å². The van der Waals surface area contributed by atoms with E-state index in [1.807, 2.05) is 31.2 Å². The molecular weight excluding hydrogens is 523 g/mol. The van der Waals surface area contributed by atoms with E-state index in [0.717, 1.165) is 11.3 Å². The lowest BCUT2D eigenvalue weighted by Crippen LogP contribution is -2.41. The van der Waals surface area contributed by atoms with Crippen molar-refractivity contribution in [2.45, 2.75) is 25.4 Å². The summed E-state index contributed by atoms with van der Waals surface area (Å²) in [5, 5.41) is 20.1. The Balaban J connectivity index is 0.00000363. The second-order valence-electron chi connectivity index (χ2n) is 7.26. The predicted molar refractivity (Wildman–Crippen MR) is 136 cm³/mol. The zero-order valence-electron chi connectivity index (χ0n) is 18.6. The van der Waals surface area contributed by atoms with Crippen molar-refractivity contribution in [2.24, 2.45) is 4.99 Å². The predicted octanol–water partition coefficient (Wildman–Crippen LogP) is 3.04. The summed E-state index contributed by atoms with van der Waals surface area (Å²) in [6.07, 6.45) is -0.450. The molecule has 1 aliphatic rings. The monoisotopic (exact) mass is 554 g/mol. The minimum atomic E-state index is -0.860. The SMILES string of the molecule is CCNC(=NCC(O)c1cc(OC)ccc1OC)NCC1CC(=O)Nc2ccccc21.I. The van der Waals surface area contributed by atoms with E-state index in [4.69, 9.17) is 9.47 Å². The minimum Gasteiger partial charge on any atom is -0.497 e. The van der Waals surface area contributed by atoms with Crippen LogP contribution in [0.1, 0.15) is 36.5 Å². The highest BCUT2D eigenvalue weighted by Gasteiger charge is 2.24. The van der Waals surface area contributed by atoms with Crippen LogP contribution < -0.4 is 25.4 Å². The first-order valence-electron chi connectivity index (χ1n) is 10.4. The van der Waals surface area contributed by atoms with Crippen LogP contribution in [0, 0.1) is 0 Å². The average molecular weight is 554 g/mol. The fourth-order valence-corrected chi connectivity index (χ4v) is 3.62. The van der Waals surface area contributed by atoms with E-state index in [0.29, 0.717) is 42.5 Å². The smallest absolute Gasteiger partial charge is 0.225 e. The number of hydrogen-bond donors (Lipinski definition) is 4. The second kappa shape index (κ2) is 12.5. The summed E-state index contributed by atoms with van der Waals surface area (Å²) in [5.41, 5.74) is 2.57. The number of aliphatic imine (C=N–C) groups is 1. The van der Waals surface area contributed by atoms with E-state index in [9.17, 15) is 9.90 Å². The molecule has 0 bridgehead atoms. The maximum atomic E-state index is 12.1. The van der Waals surface area contributed by atoms with Crippen LogP contribution in [0.2, 0.25) is 0 Å². The standard InChI is InChI=1S/C23H30N4O4.HI/c1-4-24-23(25-13-15-11-22(29)27-19-8-6-5-7-17(15)19)26-14-20(28)18-12-16(30-2)9-10-21(18)31-3;/h5-10,12,15,20,28H,4,11,13-14H2,1-3H3,(H,27,29)(H2,24,25,26);1H. The first kappa shape index (κ1) is 25.7. The fourth-order valence-electron chi connectivity index (χ4n) is 3.62. The van der Waals surface area contributed by atoms with Crippen LogP contribution in [0.15, 0.2) is 47.5 Å². The highest BCUT2D eigenvalue weighted by atomic mass is 127. The van der Waals surface area contributed by atoms with Crippen LogP contribution >= 0.6 is 24.0 Å². The lowest BCUT2D eigenvalue weighted by Gasteiger charge is -2.26. The molecule has 0 spiro atoms. The lowest BCUT2D eigenvalue weighted by molar-refractivity contribution is -0.116. The lowest BCUT2D eigenvalue weighted by atomic mass is 9.90. The summed E-state index contributed by atoms with van der Waals surface area (Å²) in [6, 6.07) is 13.1. The number of aliphatic hydroxyl groups is 1. The van der Waals surface area contributed by atoms with Crippen molar-refractivity contribution in [1.29, 1.82) is 0 Å². The number of methoxy groups -OCH3 is 2. The third-order valence-electron chi connectivity index (χ3n) is 5.18. The van der Waals surface area contributed by atoms with Crippen molar-refractivity contribution in [3.05, 3.63) is 53.6 Å². The summed E-state index contributed by atoms with van der Waals surface area (Å²) < 4.78 is 10.6. The van der Waals surface area contributed by atoms with Gasteiger partial charge in [0, 0.05) is 36.7 Å². The van der Waals surface area contributed by atoms with Crippen LogP contribution in [0.4, 0.5) is 5.69 Å². The highest BCUT2D eigenvalue weighted by Crippen LogP contribution is 2.31. The number of rotatable bonds is 8. The number of para-hydroxylation sites is 1. The largest absolute Gasteiger partial charge is 0.497 e. The zero-order valence-corrected chi connectivity index (χ0v) is 20.9. The number of amides is 1. The Labute approximate surface area is 205 Å². The number of aliphatic hydroxyl groups excluding tert-OH is 1. The molecule has 2 atom stereocenters. The summed E-state index contributed by atoms with van der Waals surface area (Å²) in [5.74, 6) is 1.83. The Morgan fingerprint density at radius 1 is 1.22 bits per heavy atom. The van der Waals surface area contributed by atoms with E-state index in [1.54, 1.807) is 32.4 Å². The number of carbonyl (C=O) groups excluding carboxylic acids is 1. The van der Waals surface area contributed by atoms with Crippen molar-refractivity contribution < 1.29 is 19.4 Å². The Kier molecular flexibility index (Phi) is 10.0. The molecule has 1 heterocycles. The first-order valence-corrected chi connectivity index (χ1v) is 10.4. The molecule has 0 saturated carbocycles. The Morgan fingerprint density at radius 3 is 2.72 bits per heavy atom. The molecule has 9 heteroatoms. The van der Waals surface area contributed by atoms with E-state index in [1.165, 1.54) is 0 Å². The van der Waals surface area contributed by atoms with Gasteiger partial charge in [-0.2, -0.15) is 0 Å². The third kappa shape index (κ3) is 6.49. The molecule has 174 valence electrons. The minimum absolute atomic E-state index is 0. The van der Waals surface area contributed by atoms with Gasteiger partial charge in [0.05, 0.1) is 20.8 Å². The van der Waals surface area contributed by atoms with Crippen molar-refractivity contribution in [1.82, 2.24) is 10.6 Å². The molecule has 0 fully saturated rings. The van der Waals surface area contributed by atoms with E-state index in [2.05, 4.69) is 20.9 Å². The van der Waals surface area contributed by atoms with Gasteiger partial charge < -0.3 is 30.5 Å². The molecule has 2 aromatic carbocycles. The zero-order chi connectivity index (χ0) is 22.2. The quantitative estimate of drug-likeness (QED) is 0.227. The number of nitrogens with one attached hydrogen (secondary N) is 3. The molecule has 3 rings (SSSR count). The number of nitrogens with zero attached hydrogens (tertiary/aromatic N) is 1. The number of halogens is 1. The van der Waals surface area contributed by atoms with Gasteiger partial charge in [-0.3, -0.25) is 9.79 Å². The van der Waals surface area contributed by atoms with Crippen molar-refractivity contribution >= 4 is 41.5 Å². The van der Waals surface area contributed by atoms with Gasteiger partial charge in [-0.15, -0.1) is 24.0 Å². The van der Waals surface area contributed by atoms with Gasteiger partial charge in [-0.1, -0.05) is 18.2 Å². The number of guanidine groups is 1. The molecule has 4 N–H and O–H groups in total. The third-order valence-corrected chi connectivity index (χ3v) is 5.18. The maximum Gasteiger partial charge on any atom is 0.225 e. The number of ether oxygens (including phenoxy) is 2. The average Bonchev–Trinajstić information content (AvgIpc) is 2.79. The van der Waals surface area contributed by atoms with Crippen LogP contribution in [0.25, 0.3) is 0 Å². The number of hydrogen-bond acceptors (Lipinski definition) is 5. The molecule has 1 amide bonds. The fraction of sp³-hybridized carbons (Fsp3) is 0.391. The molecule has 0 aromatic heterocycles. The number of carbonyl (C=O) groups is 1. The van der Waals surface area contributed by atoms with Crippen LogP contribution in [0.3, 0.4) is 0 Å². The van der Waals surface area contributed by atoms with Gasteiger partial charge in [0.15, 0.2) is 5.96 Å². The van der Waals surface area contributed by atoms with E-state index < -0.39 is 6.10 Å². The molecular formula is C23H31IN4O4. The van der Waals surface area contributed by atoms with Crippen LogP contribution in [-0.4, -0.2) is 50.8 Å². The normalized spacial score (nSPS) is 16.2. The topological polar surface area (TPSA) is 104 Å². The summed E-state index contributed by atoms with van der Waals surface area (Å²) in [4.78, 5) is 16.6. The van der Waals surface area contributed by atoms with Gasteiger partial charge in [0.2, 0.25) is 5.91 Å². The molecule has 32 heavy (non-hydrogen) atoms. The first-order chi connectivity index (χ1) is 15.0. The number of anilines is 1. The molecule has 8 nitrogen and oxygen atoms in total. The molecule has 0 saturated heterocycles. The van der Waals surface area contributed by atoms with Crippen LogP contribution in [-0.2, 0) is 4.79 Å². The molecule has 1 aliphatic heterocycles. The van der Waals surface area contributed by atoms with Crippen molar-refractivity contribution in [3.63, 3.8) is 0 Å². The van der Waals surface area contributed by atoms with E-state index >= 15 is 0 Å². The summed E-state index contributed by atoms with van der Waals surface area (Å²) >= 11 is 0. The number of fused-ring (bicyclic) bond motifs is 1. The van der Waals surface area contributed by atoms with Gasteiger partial charge in [0.1, 0.15) is 17.6 Å². The summed E-state index contributed by atoms with van der Waals surface area (Å²) in [7, 11) is 3.14. The second-order valence-corrected chi connectivity index (χ2v) is 7.26. The van der Waals surface area contributed by atoms with E-state index in [-0.39, 0.29) is 42.3 Å².